The van der Waals surface area contributed by atoms with E-state index in [1.165, 1.54) is 24.0 Å². The molecule has 2 aliphatic rings. The number of aryl methyl sites for hydroxylation is 1. The molecule has 2 heteroatoms. The molecule has 1 aliphatic heterocycles. The fourth-order valence-electron chi connectivity index (χ4n) is 3.13. The number of ether oxygens (including phenoxy) is 1. The van der Waals surface area contributed by atoms with Gasteiger partial charge in [0.15, 0.2) is 0 Å². The van der Waals surface area contributed by atoms with Crippen molar-refractivity contribution in [2.45, 2.75) is 37.9 Å². The lowest BCUT2D eigenvalue weighted by Gasteiger charge is -2.44. The van der Waals surface area contributed by atoms with E-state index in [0.717, 1.165) is 19.5 Å². The Balaban J connectivity index is 2.02. The van der Waals surface area contributed by atoms with Crippen LogP contribution in [0, 0.1) is 0 Å². The van der Waals surface area contributed by atoms with Gasteiger partial charge in [0.2, 0.25) is 0 Å². The number of hydrogen-bond donors (Lipinski definition) is 1. The van der Waals surface area contributed by atoms with Crippen LogP contribution in [0.3, 0.4) is 0 Å². The molecule has 1 spiro atoms. The van der Waals surface area contributed by atoms with E-state index in [9.17, 15) is 0 Å². The van der Waals surface area contributed by atoms with E-state index in [2.05, 4.69) is 36.5 Å². The first-order valence-corrected chi connectivity index (χ1v) is 6.27. The van der Waals surface area contributed by atoms with Crippen LogP contribution in [0.2, 0.25) is 0 Å². The van der Waals surface area contributed by atoms with Crippen LogP contribution in [-0.2, 0) is 16.8 Å². The predicted octanol–water partition coefficient (Wildman–Crippen LogP) is 2.23. The van der Waals surface area contributed by atoms with Gasteiger partial charge in [-0.1, -0.05) is 24.3 Å². The van der Waals surface area contributed by atoms with Crippen molar-refractivity contribution in [1.29, 1.82) is 0 Å². The van der Waals surface area contributed by atoms with Gasteiger partial charge in [-0.15, -0.1) is 0 Å². The van der Waals surface area contributed by atoms with Gasteiger partial charge in [-0.2, -0.15) is 0 Å². The highest BCUT2D eigenvalue weighted by molar-refractivity contribution is 5.35. The first-order valence-electron chi connectivity index (χ1n) is 6.27. The summed E-state index contributed by atoms with van der Waals surface area (Å²) in [7, 11) is 0. The molecule has 2 nitrogen and oxygen atoms in total. The predicted molar refractivity (Wildman–Crippen MR) is 64.5 cm³/mol. The van der Waals surface area contributed by atoms with Crippen molar-refractivity contribution < 1.29 is 4.74 Å². The van der Waals surface area contributed by atoms with Crippen LogP contribution in [0.5, 0.6) is 0 Å². The minimum atomic E-state index is -0.0491. The molecule has 1 aromatic rings. The first kappa shape index (κ1) is 10.3. The molecule has 1 aliphatic carbocycles. The van der Waals surface area contributed by atoms with E-state index < -0.39 is 0 Å². The molecule has 0 saturated carbocycles. The minimum Gasteiger partial charge on any atom is -0.365 e. The molecule has 3 rings (SSSR count). The molecular weight excluding hydrogens is 198 g/mol. The van der Waals surface area contributed by atoms with Crippen LogP contribution in [0.15, 0.2) is 24.3 Å². The smallest absolute Gasteiger partial charge is 0.106 e. The lowest BCUT2D eigenvalue weighted by molar-refractivity contribution is -0.123. The minimum absolute atomic E-state index is 0.0491. The van der Waals surface area contributed by atoms with Crippen molar-refractivity contribution in [3.8, 4) is 0 Å². The molecule has 1 aromatic carbocycles. The third-order valence-corrected chi connectivity index (χ3v) is 3.80. The van der Waals surface area contributed by atoms with Gasteiger partial charge in [0.05, 0.1) is 6.10 Å². The molecule has 1 N–H and O–H groups in total. The standard InChI is InChI=1S/C14H19NO/c1-11-9-15-10-14(16-11)8-4-6-12-5-2-3-7-13(12)14/h2-3,5,7,11,15H,4,6,8-10H2,1H3. The molecular formula is C14H19NO. The van der Waals surface area contributed by atoms with Crippen molar-refractivity contribution in [3.05, 3.63) is 35.4 Å². The van der Waals surface area contributed by atoms with Gasteiger partial charge in [-0.3, -0.25) is 0 Å². The summed E-state index contributed by atoms with van der Waals surface area (Å²) in [6.07, 6.45) is 3.92. The lowest BCUT2D eigenvalue weighted by atomic mass is 9.78. The van der Waals surface area contributed by atoms with Crippen LogP contribution in [0.1, 0.15) is 30.9 Å². The number of rotatable bonds is 0. The maximum atomic E-state index is 6.28. The highest BCUT2D eigenvalue weighted by Crippen LogP contribution is 2.40. The second-order valence-corrected chi connectivity index (χ2v) is 5.06. The van der Waals surface area contributed by atoms with E-state index >= 15 is 0 Å². The van der Waals surface area contributed by atoms with Crippen LogP contribution in [0.25, 0.3) is 0 Å². The quantitative estimate of drug-likeness (QED) is 0.719. The topological polar surface area (TPSA) is 21.3 Å². The maximum absolute atomic E-state index is 6.28. The zero-order valence-electron chi connectivity index (χ0n) is 9.83. The molecule has 0 radical (unpaired) electrons. The van der Waals surface area contributed by atoms with Crippen LogP contribution in [0.4, 0.5) is 0 Å². The molecule has 0 aromatic heterocycles. The number of hydrogen-bond acceptors (Lipinski definition) is 2. The Bertz CT molecular complexity index is 390. The molecule has 0 amide bonds. The van der Waals surface area contributed by atoms with E-state index in [1.54, 1.807) is 0 Å². The zero-order chi connectivity index (χ0) is 11.0. The van der Waals surface area contributed by atoms with Crippen molar-refractivity contribution >= 4 is 0 Å². The van der Waals surface area contributed by atoms with Crippen LogP contribution in [-0.4, -0.2) is 19.2 Å². The fourth-order valence-corrected chi connectivity index (χ4v) is 3.13. The van der Waals surface area contributed by atoms with Gasteiger partial charge in [-0.25, -0.2) is 0 Å². The van der Waals surface area contributed by atoms with Crippen molar-refractivity contribution in [2.24, 2.45) is 0 Å². The second-order valence-electron chi connectivity index (χ2n) is 5.06. The molecule has 1 heterocycles. The molecule has 0 bridgehead atoms. The van der Waals surface area contributed by atoms with Gasteiger partial charge in [0.25, 0.3) is 0 Å². The van der Waals surface area contributed by atoms with Crippen molar-refractivity contribution in [3.63, 3.8) is 0 Å². The summed E-state index contributed by atoms with van der Waals surface area (Å²) in [4.78, 5) is 0. The molecule has 2 unspecified atom stereocenters. The van der Waals surface area contributed by atoms with Gasteiger partial charge in [0, 0.05) is 13.1 Å². The average molecular weight is 217 g/mol. The zero-order valence-corrected chi connectivity index (χ0v) is 9.83. The molecule has 2 atom stereocenters. The van der Waals surface area contributed by atoms with Crippen molar-refractivity contribution in [2.75, 3.05) is 13.1 Å². The van der Waals surface area contributed by atoms with Gasteiger partial charge < -0.3 is 10.1 Å². The summed E-state index contributed by atoms with van der Waals surface area (Å²) in [5, 5.41) is 3.51. The Kier molecular flexibility index (Phi) is 2.49. The van der Waals surface area contributed by atoms with Gasteiger partial charge in [0.1, 0.15) is 5.60 Å². The Morgan fingerprint density at radius 1 is 1.38 bits per heavy atom. The third kappa shape index (κ3) is 1.57. The largest absolute Gasteiger partial charge is 0.365 e. The fraction of sp³-hybridized carbons (Fsp3) is 0.571. The summed E-state index contributed by atoms with van der Waals surface area (Å²) in [6, 6.07) is 8.76. The Labute approximate surface area is 97.0 Å². The summed E-state index contributed by atoms with van der Waals surface area (Å²) < 4.78 is 6.28. The summed E-state index contributed by atoms with van der Waals surface area (Å²) in [5.41, 5.74) is 2.84. The lowest BCUT2D eigenvalue weighted by Crippen LogP contribution is -2.52. The summed E-state index contributed by atoms with van der Waals surface area (Å²) >= 11 is 0. The van der Waals surface area contributed by atoms with E-state index in [-0.39, 0.29) is 5.60 Å². The Morgan fingerprint density at radius 3 is 3.12 bits per heavy atom. The molecule has 1 saturated heterocycles. The maximum Gasteiger partial charge on any atom is 0.106 e. The number of nitrogens with one attached hydrogen (secondary N) is 1. The monoisotopic (exact) mass is 217 g/mol. The van der Waals surface area contributed by atoms with Gasteiger partial charge >= 0.3 is 0 Å². The van der Waals surface area contributed by atoms with Crippen molar-refractivity contribution in [1.82, 2.24) is 5.32 Å². The first-order chi connectivity index (χ1) is 7.80. The number of benzene rings is 1. The molecule has 86 valence electrons. The van der Waals surface area contributed by atoms with Crippen LogP contribution < -0.4 is 5.32 Å². The highest BCUT2D eigenvalue weighted by atomic mass is 16.5. The van der Waals surface area contributed by atoms with E-state index in [0.29, 0.717) is 6.10 Å². The Morgan fingerprint density at radius 2 is 2.25 bits per heavy atom. The van der Waals surface area contributed by atoms with E-state index in [1.807, 2.05) is 0 Å². The normalized spacial score (nSPS) is 33.7. The SMILES string of the molecule is CC1CNCC2(CCCc3ccccc32)O1. The number of fused-ring (bicyclic) bond motifs is 2. The Hall–Kier alpha value is -0.860. The average Bonchev–Trinajstić information content (AvgIpc) is 2.30. The highest BCUT2D eigenvalue weighted by Gasteiger charge is 2.40. The van der Waals surface area contributed by atoms with Gasteiger partial charge in [-0.05, 0) is 37.3 Å². The molecule has 1 fully saturated rings. The summed E-state index contributed by atoms with van der Waals surface area (Å²) in [5.74, 6) is 0. The van der Waals surface area contributed by atoms with E-state index in [4.69, 9.17) is 4.74 Å². The second kappa shape index (κ2) is 3.86. The third-order valence-electron chi connectivity index (χ3n) is 3.80. The summed E-state index contributed by atoms with van der Waals surface area (Å²) in [6.45, 7) is 4.10. The van der Waals surface area contributed by atoms with Crippen LogP contribution >= 0.6 is 0 Å². The number of morpholine rings is 1. The molecule has 16 heavy (non-hydrogen) atoms.